The molecule has 2 fully saturated rings. The molecule has 0 spiro atoms. The summed E-state index contributed by atoms with van der Waals surface area (Å²) >= 11 is 0. The van der Waals surface area contributed by atoms with Gasteiger partial charge in [0, 0.05) is 11.8 Å². The molecule has 0 amide bonds. The number of fused-ring (bicyclic) bond motifs is 2. The largest absolute Gasteiger partial charge is 0.407 e. The van der Waals surface area contributed by atoms with Crippen molar-refractivity contribution in [1.29, 1.82) is 0 Å². The molecule has 0 radical (unpaired) electrons. The Morgan fingerprint density at radius 2 is 1.58 bits per heavy atom. The molecular formula is C32H44O3Si. The summed E-state index contributed by atoms with van der Waals surface area (Å²) in [7, 11) is -1.84. The fraction of sp³-hybridized carbons (Fsp3) is 0.500. The molecule has 2 saturated carbocycles. The van der Waals surface area contributed by atoms with Crippen LogP contribution in [0.3, 0.4) is 0 Å². The number of ether oxygens (including phenoxy) is 2. The molecular weight excluding hydrogens is 460 g/mol. The maximum absolute atomic E-state index is 7.33. The van der Waals surface area contributed by atoms with Crippen LogP contribution in [0.5, 0.6) is 0 Å². The van der Waals surface area contributed by atoms with Gasteiger partial charge >= 0.3 is 0 Å². The van der Waals surface area contributed by atoms with Gasteiger partial charge in [-0.25, -0.2) is 0 Å². The molecule has 0 N–H and O–H groups in total. The molecule has 2 aliphatic rings. The summed E-state index contributed by atoms with van der Waals surface area (Å²) in [6.07, 6.45) is 6.74. The Balaban J connectivity index is 1.56. The van der Waals surface area contributed by atoms with Crippen LogP contribution in [0.2, 0.25) is 18.1 Å². The van der Waals surface area contributed by atoms with Crippen LogP contribution in [-0.2, 0) is 27.1 Å². The van der Waals surface area contributed by atoms with Crippen LogP contribution in [0.15, 0.2) is 78.9 Å². The van der Waals surface area contributed by atoms with Crippen LogP contribution in [0.4, 0.5) is 0 Å². The second-order valence-corrected chi connectivity index (χ2v) is 15.3. The normalized spacial score (nSPS) is 26.6. The lowest BCUT2D eigenvalue weighted by molar-refractivity contribution is -0.0119. The van der Waals surface area contributed by atoms with E-state index < -0.39 is 8.32 Å². The Labute approximate surface area is 219 Å². The van der Waals surface area contributed by atoms with Crippen LogP contribution in [0.25, 0.3) is 0 Å². The van der Waals surface area contributed by atoms with Crippen molar-refractivity contribution in [3.05, 3.63) is 95.6 Å². The molecule has 0 saturated heterocycles. The quantitative estimate of drug-likeness (QED) is 0.157. The lowest BCUT2D eigenvalue weighted by Gasteiger charge is -2.42. The number of rotatable bonds is 13. The van der Waals surface area contributed by atoms with E-state index in [1.54, 1.807) is 0 Å². The SMILES string of the molecule is C=C[C@@]1(O[Si](CC)(CC)CC)[C@@H]2CC[C@H]1/C(=C\COCc1ccc(C)cc1)[C@H]2OCc1ccccc1. The molecule has 2 aromatic carbocycles. The third-order valence-corrected chi connectivity index (χ3v) is 13.4. The Bertz CT molecular complexity index is 1000. The van der Waals surface area contributed by atoms with Gasteiger partial charge in [0.15, 0.2) is 8.32 Å². The smallest absolute Gasteiger partial charge is 0.193 e. The van der Waals surface area contributed by atoms with E-state index in [-0.39, 0.29) is 11.7 Å². The highest BCUT2D eigenvalue weighted by Crippen LogP contribution is 2.60. The molecule has 2 aliphatic carbocycles. The highest BCUT2D eigenvalue weighted by atomic mass is 28.4. The summed E-state index contributed by atoms with van der Waals surface area (Å²) in [5, 5.41) is 0. The fourth-order valence-corrected chi connectivity index (χ4v) is 9.43. The summed E-state index contributed by atoms with van der Waals surface area (Å²) in [4.78, 5) is 0. The van der Waals surface area contributed by atoms with Gasteiger partial charge in [-0.2, -0.15) is 0 Å². The molecule has 36 heavy (non-hydrogen) atoms. The van der Waals surface area contributed by atoms with Crippen molar-refractivity contribution in [2.45, 2.75) is 83.6 Å². The zero-order chi connectivity index (χ0) is 25.6. The maximum Gasteiger partial charge on any atom is 0.193 e. The second kappa shape index (κ2) is 12.0. The number of hydrogen-bond donors (Lipinski definition) is 0. The van der Waals surface area contributed by atoms with Gasteiger partial charge in [-0.1, -0.05) is 93.1 Å². The zero-order valence-electron chi connectivity index (χ0n) is 22.7. The molecule has 4 rings (SSSR count). The van der Waals surface area contributed by atoms with Crippen molar-refractivity contribution in [3.8, 4) is 0 Å². The average molecular weight is 505 g/mol. The van der Waals surface area contributed by atoms with Gasteiger partial charge in [0.2, 0.25) is 0 Å². The molecule has 0 heterocycles. The summed E-state index contributed by atoms with van der Waals surface area (Å²) in [5.74, 6) is 0.629. The highest BCUT2D eigenvalue weighted by molar-refractivity contribution is 6.73. The number of aryl methyl sites for hydroxylation is 1. The van der Waals surface area contributed by atoms with Crippen molar-refractivity contribution in [2.75, 3.05) is 6.61 Å². The van der Waals surface area contributed by atoms with Gasteiger partial charge in [0.1, 0.15) is 0 Å². The molecule has 2 aromatic rings. The number of benzene rings is 2. The van der Waals surface area contributed by atoms with Gasteiger partial charge in [-0.05, 0) is 54.6 Å². The first kappa shape index (κ1) is 27.1. The third-order valence-electron chi connectivity index (χ3n) is 8.73. The first-order chi connectivity index (χ1) is 17.5. The summed E-state index contributed by atoms with van der Waals surface area (Å²) in [6.45, 7) is 15.2. The molecule has 0 aliphatic heterocycles. The van der Waals surface area contributed by atoms with Gasteiger partial charge in [0.05, 0.1) is 31.5 Å². The van der Waals surface area contributed by atoms with E-state index in [1.165, 1.54) is 22.3 Å². The first-order valence-corrected chi connectivity index (χ1v) is 16.4. The molecule has 194 valence electrons. The molecule has 4 atom stereocenters. The average Bonchev–Trinajstić information content (AvgIpc) is 3.39. The van der Waals surface area contributed by atoms with E-state index >= 15 is 0 Å². The van der Waals surface area contributed by atoms with Gasteiger partial charge < -0.3 is 13.9 Å². The van der Waals surface area contributed by atoms with E-state index in [4.69, 9.17) is 13.9 Å². The summed E-state index contributed by atoms with van der Waals surface area (Å²) in [5.41, 5.74) is 4.72. The van der Waals surface area contributed by atoms with E-state index in [2.05, 4.69) is 101 Å². The lowest BCUT2D eigenvalue weighted by Crippen LogP contribution is -2.49. The lowest BCUT2D eigenvalue weighted by atomic mass is 9.90. The predicted molar refractivity (Wildman–Crippen MR) is 151 cm³/mol. The summed E-state index contributed by atoms with van der Waals surface area (Å²) < 4.78 is 20.1. The maximum atomic E-state index is 7.33. The minimum atomic E-state index is -1.84. The summed E-state index contributed by atoms with van der Waals surface area (Å²) in [6, 6.07) is 22.5. The third kappa shape index (κ3) is 5.47. The topological polar surface area (TPSA) is 27.7 Å². The highest BCUT2D eigenvalue weighted by Gasteiger charge is 2.63. The van der Waals surface area contributed by atoms with Crippen LogP contribution >= 0.6 is 0 Å². The Hall–Kier alpha value is -1.98. The van der Waals surface area contributed by atoms with Crippen molar-refractivity contribution in [1.82, 2.24) is 0 Å². The standard InChI is InChI=1S/C32H44O3Si/c1-6-32(35-36(7-2,8-3)9-4)29-19-20-30(32)31(34-24-26-13-11-10-12-14-26)28(29)21-22-33-23-27-17-15-25(5)16-18-27/h6,10-18,21,29-31H,1,7-9,19-20,22-24H2,2-5H3/b28-21+/t29-,30+,31+,32-/m0/s1. The monoisotopic (exact) mass is 504 g/mol. The first-order valence-electron chi connectivity index (χ1n) is 13.8. The molecule has 4 heteroatoms. The Kier molecular flexibility index (Phi) is 9.05. The van der Waals surface area contributed by atoms with Crippen LogP contribution in [-0.4, -0.2) is 26.6 Å². The fourth-order valence-electron chi connectivity index (χ4n) is 6.37. The van der Waals surface area contributed by atoms with Crippen molar-refractivity contribution in [2.24, 2.45) is 11.8 Å². The van der Waals surface area contributed by atoms with E-state index in [0.29, 0.717) is 31.7 Å². The van der Waals surface area contributed by atoms with Gasteiger partial charge in [-0.15, -0.1) is 6.58 Å². The molecule has 3 nitrogen and oxygen atoms in total. The molecule has 0 unspecified atom stereocenters. The van der Waals surface area contributed by atoms with Crippen LogP contribution in [0, 0.1) is 18.8 Å². The Morgan fingerprint density at radius 3 is 2.22 bits per heavy atom. The van der Waals surface area contributed by atoms with Crippen molar-refractivity contribution < 1.29 is 13.9 Å². The minimum absolute atomic E-state index is 0.0437. The zero-order valence-corrected chi connectivity index (χ0v) is 23.7. The molecule has 0 aromatic heterocycles. The van der Waals surface area contributed by atoms with Crippen molar-refractivity contribution in [3.63, 3.8) is 0 Å². The van der Waals surface area contributed by atoms with Crippen LogP contribution in [0.1, 0.15) is 50.3 Å². The van der Waals surface area contributed by atoms with E-state index in [1.807, 2.05) is 0 Å². The van der Waals surface area contributed by atoms with Crippen LogP contribution < -0.4 is 0 Å². The van der Waals surface area contributed by atoms with Gasteiger partial charge in [0.25, 0.3) is 0 Å². The second-order valence-electron chi connectivity index (χ2n) is 10.6. The predicted octanol–water partition coefficient (Wildman–Crippen LogP) is 8.01. The minimum Gasteiger partial charge on any atom is -0.407 e. The Morgan fingerprint density at radius 1 is 0.917 bits per heavy atom. The van der Waals surface area contributed by atoms with Gasteiger partial charge in [-0.3, -0.25) is 0 Å². The molecule has 2 bridgehead atoms. The van der Waals surface area contributed by atoms with E-state index in [0.717, 1.165) is 31.0 Å². The number of hydrogen-bond acceptors (Lipinski definition) is 3. The van der Waals surface area contributed by atoms with Crippen molar-refractivity contribution >= 4 is 8.32 Å². The van der Waals surface area contributed by atoms with E-state index in [9.17, 15) is 0 Å².